The molecule has 2 aromatic carbocycles. The van der Waals surface area contributed by atoms with E-state index in [2.05, 4.69) is 10.1 Å². The molecule has 1 atom stereocenters. The Balaban J connectivity index is 1.34. The number of ether oxygens (including phenoxy) is 1. The quantitative estimate of drug-likeness (QED) is 0.342. The van der Waals surface area contributed by atoms with Crippen LogP contribution in [0, 0.1) is 6.92 Å². The molecule has 192 valence electrons. The van der Waals surface area contributed by atoms with Crippen molar-refractivity contribution in [3.63, 3.8) is 0 Å². The number of halogens is 3. The number of hydrogen-bond acceptors (Lipinski definition) is 6. The van der Waals surface area contributed by atoms with Crippen LogP contribution in [-0.4, -0.2) is 51.4 Å². The molecule has 0 bridgehead atoms. The van der Waals surface area contributed by atoms with Crippen molar-refractivity contribution in [1.82, 2.24) is 14.7 Å². The second kappa shape index (κ2) is 10.0. The molecule has 5 rings (SSSR count). The average Bonchev–Trinajstić information content (AvgIpc) is 3.43. The van der Waals surface area contributed by atoms with Crippen LogP contribution in [0.25, 0.3) is 17.0 Å². The van der Waals surface area contributed by atoms with Crippen LogP contribution in [0.4, 0.5) is 13.2 Å². The number of aryl methyl sites for hydroxylation is 1. The van der Waals surface area contributed by atoms with Crippen molar-refractivity contribution in [3.05, 3.63) is 69.8 Å². The van der Waals surface area contributed by atoms with Gasteiger partial charge in [-0.15, -0.1) is 0 Å². The molecule has 1 saturated heterocycles. The van der Waals surface area contributed by atoms with Crippen LogP contribution in [0.1, 0.15) is 35.1 Å². The lowest BCUT2D eigenvalue weighted by Gasteiger charge is -2.32. The highest BCUT2D eigenvalue weighted by Crippen LogP contribution is 2.34. The smallest absolute Gasteiger partial charge is 0.416 e. The molecular formula is C26H23F3N4O3S. The predicted octanol–water partition coefficient (Wildman–Crippen LogP) is 5.02. The fourth-order valence-electron chi connectivity index (χ4n) is 4.56. The van der Waals surface area contributed by atoms with Crippen LogP contribution < -0.4 is 0 Å². The number of likely N-dealkylation sites (tertiary alicyclic amines) is 1. The van der Waals surface area contributed by atoms with Crippen molar-refractivity contribution in [2.75, 3.05) is 13.1 Å². The number of amides is 1. The maximum absolute atomic E-state index is 13.6. The molecular weight excluding hydrogens is 505 g/mol. The van der Waals surface area contributed by atoms with E-state index in [1.165, 1.54) is 22.5 Å². The highest BCUT2D eigenvalue weighted by molar-refractivity contribution is 8.18. The van der Waals surface area contributed by atoms with Crippen molar-refractivity contribution >= 4 is 46.3 Å². The van der Waals surface area contributed by atoms with Gasteiger partial charge in [-0.25, -0.2) is 0 Å². The number of aliphatic imine (C=N–C) groups is 1. The summed E-state index contributed by atoms with van der Waals surface area (Å²) >= 11 is 1.27. The summed E-state index contributed by atoms with van der Waals surface area (Å²) in [7, 11) is 0. The minimum atomic E-state index is -4.45. The second-order valence-corrected chi connectivity index (χ2v) is 10.0. The topological polar surface area (TPSA) is 76.8 Å². The molecule has 0 radical (unpaired) electrons. The number of hydrogen-bond donors (Lipinski definition) is 0. The van der Waals surface area contributed by atoms with Crippen molar-refractivity contribution in [2.45, 2.75) is 38.6 Å². The van der Waals surface area contributed by atoms with Gasteiger partial charge < -0.3 is 9.64 Å². The maximum atomic E-state index is 13.6. The van der Waals surface area contributed by atoms with Gasteiger partial charge in [0, 0.05) is 11.9 Å². The minimum Gasteiger partial charge on any atom is -0.463 e. The summed E-state index contributed by atoms with van der Waals surface area (Å²) in [6.45, 7) is 3.28. The Labute approximate surface area is 215 Å². The molecule has 2 aliphatic heterocycles. The van der Waals surface area contributed by atoms with E-state index in [-0.39, 0.29) is 24.1 Å². The Hall–Kier alpha value is -3.60. The predicted molar refractivity (Wildman–Crippen MR) is 135 cm³/mol. The molecule has 0 aliphatic carbocycles. The summed E-state index contributed by atoms with van der Waals surface area (Å²) in [4.78, 5) is 29.8. The van der Waals surface area contributed by atoms with Gasteiger partial charge >= 0.3 is 6.18 Å². The Bertz CT molecular complexity index is 1430. The molecule has 0 saturated carbocycles. The summed E-state index contributed by atoms with van der Waals surface area (Å²) < 4.78 is 47.3. The van der Waals surface area contributed by atoms with Crippen molar-refractivity contribution in [1.29, 1.82) is 0 Å². The number of piperidine rings is 1. The van der Waals surface area contributed by atoms with E-state index in [1.54, 1.807) is 37.4 Å². The van der Waals surface area contributed by atoms with E-state index >= 15 is 0 Å². The van der Waals surface area contributed by atoms with Gasteiger partial charge in [0.25, 0.3) is 12.4 Å². The molecule has 1 fully saturated rings. The Kier molecular flexibility index (Phi) is 6.80. The zero-order valence-electron chi connectivity index (χ0n) is 19.9. The van der Waals surface area contributed by atoms with E-state index in [9.17, 15) is 22.8 Å². The van der Waals surface area contributed by atoms with Gasteiger partial charge in [-0.1, -0.05) is 23.8 Å². The molecule has 3 aromatic rings. The van der Waals surface area contributed by atoms with E-state index in [4.69, 9.17) is 4.74 Å². The molecule has 1 amide bonds. The highest BCUT2D eigenvalue weighted by Gasteiger charge is 2.33. The molecule has 7 nitrogen and oxygen atoms in total. The number of fused-ring (bicyclic) bond motifs is 1. The standard InChI is InChI=1S/C26H23F3N4O3S/c1-16-4-6-18(21(9-16)26(27,28)29)13-33-22-7-5-17(10-19(22)12-30-33)11-23-24(35)31-25(37-23)32-8-2-3-20(14-32)36-15-34/h4-7,9-12,15,20H,2-3,8,13-14H2,1H3/b23-11-/t20-/m1/s1. The first-order chi connectivity index (χ1) is 17.7. The first kappa shape index (κ1) is 25.1. The third-order valence-corrected chi connectivity index (χ3v) is 7.40. The monoisotopic (exact) mass is 528 g/mol. The molecule has 11 heteroatoms. The van der Waals surface area contributed by atoms with E-state index in [0.717, 1.165) is 36.4 Å². The Morgan fingerprint density at radius 3 is 2.84 bits per heavy atom. The van der Waals surface area contributed by atoms with Crippen molar-refractivity contribution in [3.8, 4) is 0 Å². The van der Waals surface area contributed by atoms with Crippen LogP contribution in [-0.2, 0) is 27.0 Å². The second-order valence-electron chi connectivity index (χ2n) is 9.03. The zero-order valence-corrected chi connectivity index (χ0v) is 20.7. The van der Waals surface area contributed by atoms with Gasteiger partial charge in [0.05, 0.1) is 35.3 Å². The van der Waals surface area contributed by atoms with Gasteiger partial charge in [0.1, 0.15) is 6.10 Å². The van der Waals surface area contributed by atoms with Crippen molar-refractivity contribution in [2.24, 2.45) is 4.99 Å². The average molecular weight is 529 g/mol. The molecule has 3 heterocycles. The number of thioether (sulfide) groups is 1. The number of rotatable bonds is 5. The first-order valence-corrected chi connectivity index (χ1v) is 12.5. The van der Waals surface area contributed by atoms with Crippen LogP contribution in [0.2, 0.25) is 0 Å². The largest absolute Gasteiger partial charge is 0.463 e. The van der Waals surface area contributed by atoms with Gasteiger partial charge in [-0.2, -0.15) is 23.3 Å². The molecule has 2 aliphatic rings. The molecule has 37 heavy (non-hydrogen) atoms. The van der Waals surface area contributed by atoms with E-state index in [1.807, 2.05) is 11.0 Å². The van der Waals surface area contributed by atoms with Gasteiger partial charge in [0.2, 0.25) is 0 Å². The Morgan fingerprint density at radius 2 is 2.05 bits per heavy atom. The summed E-state index contributed by atoms with van der Waals surface area (Å²) in [6, 6.07) is 9.72. The van der Waals surface area contributed by atoms with Gasteiger partial charge in [-0.05, 0) is 66.9 Å². The normalized spacial score (nSPS) is 19.5. The Morgan fingerprint density at radius 1 is 1.22 bits per heavy atom. The fraction of sp³-hybridized carbons (Fsp3) is 0.308. The lowest BCUT2D eigenvalue weighted by molar-refractivity contribution is -0.138. The maximum Gasteiger partial charge on any atom is 0.416 e. The summed E-state index contributed by atoms with van der Waals surface area (Å²) in [5, 5.41) is 5.64. The number of nitrogens with zero attached hydrogens (tertiary/aromatic N) is 4. The van der Waals surface area contributed by atoms with Crippen LogP contribution in [0.5, 0.6) is 0 Å². The fourth-order valence-corrected chi connectivity index (χ4v) is 5.51. The van der Waals surface area contributed by atoms with E-state index < -0.39 is 11.7 Å². The van der Waals surface area contributed by atoms with Gasteiger partial charge in [0.15, 0.2) is 5.17 Å². The van der Waals surface area contributed by atoms with Crippen LogP contribution in [0.15, 0.2) is 52.5 Å². The molecule has 0 N–H and O–H groups in total. The molecule has 0 unspecified atom stereocenters. The number of alkyl halides is 3. The SMILES string of the molecule is Cc1ccc(Cn2ncc3cc(/C=C4\SC(N5CCC[C@@H](OC=O)C5)=NC4=O)ccc32)c(C(F)(F)F)c1. The van der Waals surface area contributed by atoms with Crippen LogP contribution >= 0.6 is 11.8 Å². The first-order valence-electron chi connectivity index (χ1n) is 11.7. The lowest BCUT2D eigenvalue weighted by Crippen LogP contribution is -2.41. The number of amidine groups is 1. The third kappa shape index (κ3) is 5.41. The zero-order chi connectivity index (χ0) is 26.2. The molecule has 1 aromatic heterocycles. The molecule has 0 spiro atoms. The van der Waals surface area contributed by atoms with E-state index in [0.29, 0.717) is 34.2 Å². The minimum absolute atomic E-state index is 0.0186. The third-order valence-electron chi connectivity index (χ3n) is 6.36. The van der Waals surface area contributed by atoms with Crippen molar-refractivity contribution < 1.29 is 27.5 Å². The summed E-state index contributed by atoms with van der Waals surface area (Å²) in [5.41, 5.74) is 1.47. The summed E-state index contributed by atoms with van der Waals surface area (Å²) in [5.74, 6) is -0.340. The number of carbonyl (C=O) groups excluding carboxylic acids is 2. The number of aromatic nitrogens is 2. The highest BCUT2D eigenvalue weighted by atomic mass is 32.2. The number of benzene rings is 2. The number of carbonyl (C=O) groups is 2. The summed E-state index contributed by atoms with van der Waals surface area (Å²) in [6.07, 6.45) is 0.283. The lowest BCUT2D eigenvalue weighted by atomic mass is 10.0. The van der Waals surface area contributed by atoms with Crippen LogP contribution in [0.3, 0.4) is 0 Å². The van der Waals surface area contributed by atoms with Gasteiger partial charge in [-0.3, -0.25) is 14.3 Å².